The van der Waals surface area contributed by atoms with E-state index in [9.17, 15) is 0 Å². The van der Waals surface area contributed by atoms with E-state index in [2.05, 4.69) is 32.0 Å². The zero-order chi connectivity index (χ0) is 21.6. The summed E-state index contributed by atoms with van der Waals surface area (Å²) in [4.78, 5) is 17.5. The zero-order valence-electron chi connectivity index (χ0n) is 16.8. The Bertz CT molecular complexity index is 1210. The summed E-state index contributed by atoms with van der Waals surface area (Å²) in [6, 6.07) is 35.1. The van der Waals surface area contributed by atoms with Gasteiger partial charge in [-0.3, -0.25) is 0 Å². The highest BCUT2D eigenvalue weighted by Gasteiger charge is 2.09. The lowest BCUT2D eigenvalue weighted by atomic mass is 10.2. The average Bonchev–Trinajstić information content (AvgIpc) is 2.83. The third kappa shape index (κ3) is 4.23. The fraction of sp³-hybridized carbons (Fsp3) is 0. The van der Waals surface area contributed by atoms with Crippen molar-refractivity contribution in [3.8, 4) is 23.0 Å². The molecule has 1 aliphatic rings. The van der Waals surface area contributed by atoms with Gasteiger partial charge in [-0.05, 0) is 48.5 Å². The molecule has 1 heterocycles. The minimum Gasteiger partial charge on any atom is -0.453 e. The first-order chi connectivity index (χ1) is 15.9. The van der Waals surface area contributed by atoms with E-state index in [1.807, 2.05) is 97.1 Å². The molecular weight excluding hydrogens is 400 g/mol. The van der Waals surface area contributed by atoms with Crippen LogP contribution in [0.1, 0.15) is 0 Å². The Balaban J connectivity index is 1.69. The maximum atomic E-state index is 6.11. The third-order valence-electron chi connectivity index (χ3n) is 4.58. The van der Waals surface area contributed by atoms with E-state index in [0.29, 0.717) is 45.7 Å². The number of aliphatic imine (C=N–C) groups is 4. The molecule has 0 aromatic heterocycles. The minimum atomic E-state index is 0.553. The van der Waals surface area contributed by atoms with Crippen LogP contribution in [-0.2, 0) is 0 Å². The molecule has 0 spiro atoms. The predicted molar refractivity (Wildman–Crippen MR) is 124 cm³/mol. The van der Waals surface area contributed by atoms with Gasteiger partial charge >= 0.3 is 0 Å². The highest BCUT2D eigenvalue weighted by molar-refractivity contribution is 5.69. The van der Waals surface area contributed by atoms with Crippen molar-refractivity contribution in [3.63, 3.8) is 0 Å². The van der Waals surface area contributed by atoms with Crippen molar-refractivity contribution in [2.24, 2.45) is 20.0 Å². The standard InChI is InChI=1S/C26H16N4O2/c1-5-13-23-19(9-1)27-17-28-21-11-3-7-15-25(21)32-26-16-8-4-12-22(26)30-18-29-20-10-2-6-14-24(20)31-23/h1-16H. The molecule has 0 fully saturated rings. The molecule has 0 saturated heterocycles. The Morgan fingerprint density at radius 1 is 0.375 bits per heavy atom. The maximum absolute atomic E-state index is 6.11. The number of rotatable bonds is 0. The first-order valence-corrected chi connectivity index (χ1v) is 9.91. The molecule has 1 aliphatic heterocycles. The van der Waals surface area contributed by atoms with Crippen LogP contribution < -0.4 is 9.47 Å². The van der Waals surface area contributed by atoms with Crippen LogP contribution in [0.5, 0.6) is 23.0 Å². The lowest BCUT2D eigenvalue weighted by Crippen LogP contribution is -1.86. The van der Waals surface area contributed by atoms with Crippen molar-refractivity contribution in [1.82, 2.24) is 0 Å². The van der Waals surface area contributed by atoms with Crippen LogP contribution >= 0.6 is 0 Å². The van der Waals surface area contributed by atoms with Crippen molar-refractivity contribution in [3.05, 3.63) is 97.1 Å². The van der Waals surface area contributed by atoms with Gasteiger partial charge in [0, 0.05) is 0 Å². The van der Waals surface area contributed by atoms with Gasteiger partial charge in [0.05, 0.1) is 0 Å². The maximum Gasteiger partial charge on any atom is 0.154 e. The molecule has 5 rings (SSSR count). The highest BCUT2D eigenvalue weighted by atomic mass is 16.5. The second kappa shape index (κ2) is 8.94. The van der Waals surface area contributed by atoms with Crippen molar-refractivity contribution in [2.45, 2.75) is 0 Å². The van der Waals surface area contributed by atoms with E-state index < -0.39 is 0 Å². The van der Waals surface area contributed by atoms with Crippen molar-refractivity contribution < 1.29 is 9.47 Å². The Kier molecular flexibility index (Phi) is 5.37. The molecule has 0 unspecified atom stereocenters. The van der Waals surface area contributed by atoms with Gasteiger partial charge in [0.15, 0.2) is 23.0 Å². The quantitative estimate of drug-likeness (QED) is 0.258. The van der Waals surface area contributed by atoms with E-state index >= 15 is 0 Å². The van der Waals surface area contributed by atoms with Crippen LogP contribution in [0.3, 0.4) is 0 Å². The van der Waals surface area contributed by atoms with Crippen molar-refractivity contribution in [2.75, 3.05) is 0 Å². The number of nitrogens with zero attached hydrogens (tertiary/aromatic N) is 4. The van der Waals surface area contributed by atoms with Gasteiger partial charge in [-0.15, -0.1) is 0 Å². The van der Waals surface area contributed by atoms with Crippen LogP contribution in [0.25, 0.3) is 0 Å². The first-order valence-electron chi connectivity index (χ1n) is 9.91. The van der Waals surface area contributed by atoms with Gasteiger partial charge in [-0.1, -0.05) is 48.5 Å². The fourth-order valence-corrected chi connectivity index (χ4v) is 3.05. The smallest absolute Gasteiger partial charge is 0.154 e. The number of ether oxygens (including phenoxy) is 2. The summed E-state index contributed by atoms with van der Waals surface area (Å²) >= 11 is 0. The first kappa shape index (κ1) is 19.2. The molecule has 152 valence electrons. The zero-order valence-corrected chi connectivity index (χ0v) is 16.8. The molecule has 0 saturated carbocycles. The lowest BCUT2D eigenvalue weighted by Gasteiger charge is -2.10. The summed E-state index contributed by atoms with van der Waals surface area (Å²) in [5, 5.41) is 0. The molecule has 0 amide bonds. The van der Waals surface area contributed by atoms with Gasteiger partial charge in [0.1, 0.15) is 34.8 Å². The summed E-state index contributed by atoms with van der Waals surface area (Å²) in [5.74, 6) is 2.21. The van der Waals surface area contributed by atoms with Crippen LogP contribution in [0, 0.1) is 0 Å². The van der Waals surface area contributed by atoms with Crippen LogP contribution in [0.4, 0.5) is 22.7 Å². The van der Waals surface area contributed by atoms with Crippen molar-refractivity contribution >= 4 is 34.8 Å². The second-order valence-corrected chi connectivity index (χ2v) is 6.72. The molecule has 4 aromatic rings. The molecule has 0 atom stereocenters. The second-order valence-electron chi connectivity index (χ2n) is 6.72. The van der Waals surface area contributed by atoms with Gasteiger partial charge < -0.3 is 9.47 Å². The summed E-state index contributed by atoms with van der Waals surface area (Å²) in [7, 11) is 0. The summed E-state index contributed by atoms with van der Waals surface area (Å²) in [6.45, 7) is 0. The molecule has 4 aromatic carbocycles. The highest BCUT2D eigenvalue weighted by Crippen LogP contribution is 2.38. The largest absolute Gasteiger partial charge is 0.453 e. The molecule has 0 N–H and O–H groups in total. The van der Waals surface area contributed by atoms with Crippen LogP contribution in [0.2, 0.25) is 0 Å². The van der Waals surface area contributed by atoms with Crippen LogP contribution in [-0.4, -0.2) is 12.0 Å². The summed E-state index contributed by atoms with van der Waals surface area (Å²) in [6.07, 6.45) is 0. The molecule has 0 bridgehead atoms. The van der Waals surface area contributed by atoms with Crippen LogP contribution in [0.15, 0.2) is 117 Å². The number of hydrogen-bond acceptors (Lipinski definition) is 6. The minimum absolute atomic E-state index is 0.553. The molecule has 32 heavy (non-hydrogen) atoms. The number of benzene rings is 4. The molecule has 6 heteroatoms. The van der Waals surface area contributed by atoms with Gasteiger partial charge in [-0.2, -0.15) is 20.0 Å². The van der Waals surface area contributed by atoms with Gasteiger partial charge in [0.2, 0.25) is 0 Å². The number of hydrogen-bond donors (Lipinski definition) is 0. The normalized spacial score (nSPS) is 12.0. The Morgan fingerprint density at radius 2 is 0.625 bits per heavy atom. The molecule has 6 nitrogen and oxygen atoms in total. The van der Waals surface area contributed by atoms with E-state index in [4.69, 9.17) is 9.47 Å². The molecule has 0 radical (unpaired) electrons. The Hall–Kier alpha value is -4.76. The topological polar surface area (TPSA) is 67.9 Å². The van der Waals surface area contributed by atoms with E-state index in [1.165, 1.54) is 0 Å². The summed E-state index contributed by atoms with van der Waals surface area (Å²) in [5.41, 5.74) is 2.33. The number of fused-ring (bicyclic) bond motifs is 4. The average molecular weight is 416 g/mol. The van der Waals surface area contributed by atoms with Gasteiger partial charge in [-0.25, -0.2) is 0 Å². The fourth-order valence-electron chi connectivity index (χ4n) is 3.05. The predicted octanol–water partition coefficient (Wildman–Crippen LogP) is 7.86. The molecular formula is C26H16N4O2. The van der Waals surface area contributed by atoms with E-state index in [-0.39, 0.29) is 0 Å². The SMILES string of the molecule is C1=Nc2ccccc2Oc2ccccc2N=C=Nc2ccccc2Oc2ccccc2N=1. The monoisotopic (exact) mass is 416 g/mol. The Morgan fingerprint density at radius 3 is 0.906 bits per heavy atom. The van der Waals surface area contributed by atoms with E-state index in [0.717, 1.165) is 0 Å². The van der Waals surface area contributed by atoms with Gasteiger partial charge in [0.25, 0.3) is 0 Å². The molecule has 0 aliphatic carbocycles. The lowest BCUT2D eigenvalue weighted by molar-refractivity contribution is 0.485. The third-order valence-corrected chi connectivity index (χ3v) is 4.58. The Labute approximate surface area is 184 Å². The van der Waals surface area contributed by atoms with Crippen molar-refractivity contribution in [1.29, 1.82) is 0 Å². The summed E-state index contributed by atoms with van der Waals surface area (Å²) < 4.78 is 12.2. The number of para-hydroxylation sites is 8. The van der Waals surface area contributed by atoms with E-state index in [1.54, 1.807) is 0 Å².